The van der Waals surface area contributed by atoms with Crippen LogP contribution in [0.1, 0.15) is 23.6 Å². The Morgan fingerprint density at radius 3 is 2.40 bits per heavy atom. The van der Waals surface area contributed by atoms with E-state index in [-0.39, 0.29) is 5.57 Å². The molecule has 0 bridgehead atoms. The summed E-state index contributed by atoms with van der Waals surface area (Å²) in [5.74, 6) is -0.872. The summed E-state index contributed by atoms with van der Waals surface area (Å²) in [4.78, 5) is 39.1. The number of urea groups is 1. The number of amides is 4. The third-order valence-corrected chi connectivity index (χ3v) is 7.03. The van der Waals surface area contributed by atoms with Crippen molar-refractivity contribution in [2.24, 2.45) is 0 Å². The number of barbiturate groups is 1. The standard InChI is InChI=1S/C26H19Br2ClN2O4/c1-2-35-23-13-15(12-22(28)19(23)14-16-5-3-4-6-21(16)27)11-20-24(32)30-26(34)31(25(20)33)18-9-7-17(29)8-10-18/h3-13H,2,14H2,1H3,(H,30,32,34)/b20-11+. The first-order valence-electron chi connectivity index (χ1n) is 10.6. The van der Waals surface area contributed by atoms with Crippen LogP contribution in [0.2, 0.25) is 5.02 Å². The van der Waals surface area contributed by atoms with E-state index >= 15 is 0 Å². The summed E-state index contributed by atoms with van der Waals surface area (Å²) in [7, 11) is 0. The van der Waals surface area contributed by atoms with Crippen LogP contribution in [0, 0.1) is 0 Å². The molecular weight excluding hydrogens is 600 g/mol. The van der Waals surface area contributed by atoms with Gasteiger partial charge in [0.2, 0.25) is 0 Å². The van der Waals surface area contributed by atoms with Crippen molar-refractivity contribution in [2.75, 3.05) is 11.5 Å². The zero-order valence-corrected chi connectivity index (χ0v) is 22.4. The average Bonchev–Trinajstić information content (AvgIpc) is 2.81. The van der Waals surface area contributed by atoms with Crippen LogP contribution < -0.4 is 15.0 Å². The van der Waals surface area contributed by atoms with E-state index in [0.29, 0.717) is 35.1 Å². The molecule has 35 heavy (non-hydrogen) atoms. The number of anilines is 1. The number of hydrogen-bond donors (Lipinski definition) is 1. The zero-order valence-electron chi connectivity index (χ0n) is 18.5. The molecule has 4 amide bonds. The molecule has 0 atom stereocenters. The quantitative estimate of drug-likeness (QED) is 0.252. The molecule has 0 saturated carbocycles. The number of ether oxygens (including phenoxy) is 1. The van der Waals surface area contributed by atoms with Crippen LogP contribution in [0.15, 0.2) is 75.2 Å². The SMILES string of the molecule is CCOc1cc(/C=C2\C(=O)NC(=O)N(c3ccc(Cl)cc3)C2=O)cc(Br)c1Cc1ccccc1Br. The van der Waals surface area contributed by atoms with Gasteiger partial charge < -0.3 is 4.74 Å². The number of carbonyl (C=O) groups excluding carboxylic acids is 3. The van der Waals surface area contributed by atoms with E-state index in [2.05, 4.69) is 37.2 Å². The lowest BCUT2D eigenvalue weighted by Crippen LogP contribution is -2.54. The summed E-state index contributed by atoms with van der Waals surface area (Å²) in [5, 5.41) is 2.69. The highest BCUT2D eigenvalue weighted by molar-refractivity contribution is 9.10. The topological polar surface area (TPSA) is 75.7 Å². The van der Waals surface area contributed by atoms with Gasteiger partial charge in [0, 0.05) is 26.0 Å². The Bertz CT molecular complexity index is 1360. The second-order valence-corrected chi connectivity index (χ2v) is 9.76. The lowest BCUT2D eigenvalue weighted by atomic mass is 10.0. The van der Waals surface area contributed by atoms with E-state index in [0.717, 1.165) is 25.0 Å². The van der Waals surface area contributed by atoms with E-state index in [1.165, 1.54) is 18.2 Å². The highest BCUT2D eigenvalue weighted by Crippen LogP contribution is 2.34. The number of nitrogens with one attached hydrogen (secondary N) is 1. The summed E-state index contributed by atoms with van der Waals surface area (Å²) in [6.45, 7) is 2.32. The van der Waals surface area contributed by atoms with Crippen molar-refractivity contribution < 1.29 is 19.1 Å². The number of rotatable bonds is 6. The van der Waals surface area contributed by atoms with E-state index < -0.39 is 17.8 Å². The van der Waals surface area contributed by atoms with Gasteiger partial charge in [0.15, 0.2) is 0 Å². The Kier molecular flexibility index (Phi) is 7.74. The number of halogens is 3. The van der Waals surface area contributed by atoms with Gasteiger partial charge in [0.25, 0.3) is 11.8 Å². The second kappa shape index (κ2) is 10.8. The summed E-state index contributed by atoms with van der Waals surface area (Å²) in [6, 6.07) is 16.9. The summed E-state index contributed by atoms with van der Waals surface area (Å²) >= 11 is 13.1. The van der Waals surface area contributed by atoms with Crippen LogP contribution in [0.4, 0.5) is 10.5 Å². The zero-order chi connectivity index (χ0) is 25.1. The number of hydrogen-bond acceptors (Lipinski definition) is 4. The minimum absolute atomic E-state index is 0.174. The van der Waals surface area contributed by atoms with Gasteiger partial charge in [-0.25, -0.2) is 9.69 Å². The minimum atomic E-state index is -0.820. The molecule has 3 aromatic rings. The lowest BCUT2D eigenvalue weighted by Gasteiger charge is -2.26. The van der Waals surface area contributed by atoms with Crippen LogP contribution in [0.3, 0.4) is 0 Å². The second-order valence-electron chi connectivity index (χ2n) is 7.61. The van der Waals surface area contributed by atoms with Gasteiger partial charge in [0.05, 0.1) is 12.3 Å². The van der Waals surface area contributed by atoms with E-state index in [1.807, 2.05) is 37.3 Å². The maximum Gasteiger partial charge on any atom is 0.335 e. The number of imide groups is 2. The molecule has 0 aliphatic carbocycles. The summed E-state index contributed by atoms with van der Waals surface area (Å²) < 4.78 is 7.64. The molecule has 0 aromatic heterocycles. The van der Waals surface area contributed by atoms with Crippen molar-refractivity contribution in [1.29, 1.82) is 0 Å². The van der Waals surface area contributed by atoms with Crippen molar-refractivity contribution >= 4 is 73.1 Å². The fraction of sp³-hybridized carbons (Fsp3) is 0.115. The molecule has 0 unspecified atom stereocenters. The van der Waals surface area contributed by atoms with E-state index in [9.17, 15) is 14.4 Å². The molecule has 9 heteroatoms. The van der Waals surface area contributed by atoms with Crippen LogP contribution in [-0.4, -0.2) is 24.5 Å². The highest BCUT2D eigenvalue weighted by Gasteiger charge is 2.36. The fourth-order valence-corrected chi connectivity index (χ4v) is 4.80. The smallest absolute Gasteiger partial charge is 0.335 e. The maximum absolute atomic E-state index is 13.2. The first-order valence-corrected chi connectivity index (χ1v) is 12.6. The Morgan fingerprint density at radius 2 is 1.71 bits per heavy atom. The summed E-state index contributed by atoms with van der Waals surface area (Å²) in [6.07, 6.45) is 2.05. The van der Waals surface area contributed by atoms with Crippen molar-refractivity contribution in [1.82, 2.24) is 5.32 Å². The minimum Gasteiger partial charge on any atom is -0.494 e. The van der Waals surface area contributed by atoms with Crippen molar-refractivity contribution in [3.8, 4) is 5.75 Å². The van der Waals surface area contributed by atoms with Gasteiger partial charge in [-0.3, -0.25) is 14.9 Å². The molecular formula is C26H19Br2ClN2O4. The van der Waals surface area contributed by atoms with E-state index in [4.69, 9.17) is 16.3 Å². The fourth-order valence-electron chi connectivity index (χ4n) is 3.65. The Hall–Kier alpha value is -2.94. The molecule has 1 aliphatic rings. The van der Waals surface area contributed by atoms with Gasteiger partial charge in [-0.2, -0.15) is 0 Å². The third kappa shape index (κ3) is 5.50. The Morgan fingerprint density at radius 1 is 1.00 bits per heavy atom. The van der Waals surface area contributed by atoms with Gasteiger partial charge in [-0.05, 0) is 66.6 Å². The van der Waals surface area contributed by atoms with Gasteiger partial charge in [-0.1, -0.05) is 61.7 Å². The molecule has 0 spiro atoms. The lowest BCUT2D eigenvalue weighted by molar-refractivity contribution is -0.122. The van der Waals surface area contributed by atoms with Crippen LogP contribution in [0.5, 0.6) is 5.75 Å². The maximum atomic E-state index is 13.2. The molecule has 0 radical (unpaired) electrons. The average molecular weight is 619 g/mol. The molecule has 4 rings (SSSR count). The Labute approximate surface area is 224 Å². The van der Waals surface area contributed by atoms with Gasteiger partial charge >= 0.3 is 6.03 Å². The third-order valence-electron chi connectivity index (χ3n) is 5.30. The normalized spacial score (nSPS) is 14.9. The number of nitrogens with zero attached hydrogens (tertiary/aromatic N) is 1. The molecule has 1 saturated heterocycles. The summed E-state index contributed by atoms with van der Waals surface area (Å²) in [5.41, 5.74) is 2.71. The van der Waals surface area contributed by atoms with Gasteiger partial charge in [0.1, 0.15) is 11.3 Å². The predicted molar refractivity (Wildman–Crippen MR) is 143 cm³/mol. The Balaban J connectivity index is 1.72. The van der Waals surface area contributed by atoms with Crippen molar-refractivity contribution in [3.63, 3.8) is 0 Å². The van der Waals surface area contributed by atoms with Gasteiger partial charge in [-0.15, -0.1) is 0 Å². The van der Waals surface area contributed by atoms with E-state index in [1.54, 1.807) is 18.2 Å². The largest absolute Gasteiger partial charge is 0.494 e. The van der Waals surface area contributed by atoms with Crippen LogP contribution in [0.25, 0.3) is 6.08 Å². The first kappa shape index (κ1) is 25.2. The highest BCUT2D eigenvalue weighted by atomic mass is 79.9. The van der Waals surface area contributed by atoms with Crippen molar-refractivity contribution in [2.45, 2.75) is 13.3 Å². The first-order chi connectivity index (χ1) is 16.8. The molecule has 1 N–H and O–H groups in total. The monoisotopic (exact) mass is 616 g/mol. The predicted octanol–water partition coefficient (Wildman–Crippen LogP) is 6.52. The molecule has 178 valence electrons. The van der Waals surface area contributed by atoms with Crippen LogP contribution in [-0.2, 0) is 16.0 Å². The van der Waals surface area contributed by atoms with Crippen LogP contribution >= 0.6 is 43.5 Å². The molecule has 6 nitrogen and oxygen atoms in total. The molecule has 3 aromatic carbocycles. The molecule has 1 fully saturated rings. The molecule has 1 aliphatic heterocycles. The molecule has 1 heterocycles. The number of carbonyl (C=O) groups is 3. The number of benzene rings is 3. The van der Waals surface area contributed by atoms with Crippen molar-refractivity contribution in [3.05, 3.63) is 96.9 Å².